The monoisotopic (exact) mass is 335 g/mol. The molecule has 0 amide bonds. The van der Waals surface area contributed by atoms with E-state index in [1.54, 1.807) is 13.4 Å². The fraction of sp³-hybridized carbons (Fsp3) is 0.400. The summed E-state index contributed by atoms with van der Waals surface area (Å²) < 4.78 is 7.23. The van der Waals surface area contributed by atoms with Crippen molar-refractivity contribution in [1.82, 2.24) is 14.8 Å². The third-order valence-electron chi connectivity index (χ3n) is 3.62. The molecule has 0 radical (unpaired) electrons. The molecule has 1 N–H and O–H groups in total. The van der Waals surface area contributed by atoms with E-state index in [0.717, 1.165) is 22.9 Å². The number of hydrogen-bond acceptors (Lipinski definition) is 5. The highest BCUT2D eigenvalue weighted by Crippen LogP contribution is 2.34. The average molecular weight is 336 g/mol. The van der Waals surface area contributed by atoms with Crippen LogP contribution in [0.15, 0.2) is 23.2 Å². The summed E-state index contributed by atoms with van der Waals surface area (Å²) in [6.45, 7) is 2.23. The van der Waals surface area contributed by atoms with Gasteiger partial charge in [0.05, 0.1) is 25.2 Å². The van der Waals surface area contributed by atoms with Gasteiger partial charge in [-0.25, -0.2) is 0 Å². The number of fused-ring (bicyclic) bond motifs is 3. The van der Waals surface area contributed by atoms with E-state index in [4.69, 9.17) is 21.4 Å². The molecular weight excluding hydrogens is 318 g/mol. The van der Waals surface area contributed by atoms with Crippen LogP contribution in [-0.2, 0) is 17.9 Å². The Morgan fingerprint density at radius 1 is 1.39 bits per heavy atom. The zero-order valence-corrected chi connectivity index (χ0v) is 13.6. The van der Waals surface area contributed by atoms with Crippen LogP contribution in [0, 0.1) is 0 Å². The summed E-state index contributed by atoms with van der Waals surface area (Å²) in [5.74, 6) is 1.55. The number of anilines is 1. The fourth-order valence-electron chi connectivity index (χ4n) is 2.61. The molecule has 0 saturated heterocycles. The lowest BCUT2D eigenvalue weighted by atomic mass is 10.1. The highest BCUT2D eigenvalue weighted by molar-refractivity contribution is 6.31. The molecule has 2 aromatic rings. The normalized spacial score (nSPS) is 14.0. The van der Waals surface area contributed by atoms with Crippen molar-refractivity contribution in [2.45, 2.75) is 13.2 Å². The first-order valence-corrected chi connectivity index (χ1v) is 7.70. The maximum Gasteiger partial charge on any atom is 0.166 e. The zero-order valence-electron chi connectivity index (χ0n) is 12.8. The van der Waals surface area contributed by atoms with Crippen LogP contribution in [0.1, 0.15) is 5.82 Å². The van der Waals surface area contributed by atoms with Gasteiger partial charge in [-0.1, -0.05) is 11.6 Å². The quantitative estimate of drug-likeness (QED) is 0.663. The van der Waals surface area contributed by atoms with Crippen molar-refractivity contribution in [3.05, 3.63) is 29.0 Å². The first-order chi connectivity index (χ1) is 11.2. The molecule has 23 heavy (non-hydrogen) atoms. The number of rotatable bonds is 5. The summed E-state index contributed by atoms with van der Waals surface area (Å²) in [6, 6.07) is 5.67. The molecule has 1 aliphatic heterocycles. The van der Waals surface area contributed by atoms with E-state index in [0.29, 0.717) is 31.3 Å². The van der Waals surface area contributed by atoms with E-state index in [1.165, 1.54) is 0 Å². The van der Waals surface area contributed by atoms with Crippen LogP contribution in [0.4, 0.5) is 5.69 Å². The summed E-state index contributed by atoms with van der Waals surface area (Å²) in [7, 11) is 1.64. The molecule has 1 aromatic heterocycles. The Morgan fingerprint density at radius 3 is 3.04 bits per heavy atom. The van der Waals surface area contributed by atoms with Gasteiger partial charge in [0.25, 0.3) is 0 Å². The highest BCUT2D eigenvalue weighted by Gasteiger charge is 2.23. The minimum atomic E-state index is 0.0291. The van der Waals surface area contributed by atoms with E-state index < -0.39 is 0 Å². The van der Waals surface area contributed by atoms with Crippen LogP contribution in [0.5, 0.6) is 0 Å². The Balaban J connectivity index is 2.05. The Kier molecular flexibility index (Phi) is 4.90. The molecule has 1 aromatic carbocycles. The van der Waals surface area contributed by atoms with E-state index in [1.807, 2.05) is 27.7 Å². The maximum atomic E-state index is 8.90. The second-order valence-electron chi connectivity index (χ2n) is 5.12. The number of methoxy groups -OCH3 is 1. The van der Waals surface area contributed by atoms with Crippen molar-refractivity contribution in [2.75, 3.05) is 31.7 Å². The van der Waals surface area contributed by atoms with Crippen molar-refractivity contribution < 1.29 is 9.84 Å². The SMILES string of the molecule is COCc1nnc2n1CCN(C=NCCO)c1ccc(Cl)cc1-2. The number of aliphatic hydroxyl groups is 1. The molecule has 0 saturated carbocycles. The van der Waals surface area contributed by atoms with E-state index in [2.05, 4.69) is 15.2 Å². The van der Waals surface area contributed by atoms with E-state index >= 15 is 0 Å². The number of aliphatic hydroxyl groups excluding tert-OH is 1. The minimum Gasteiger partial charge on any atom is -0.394 e. The number of ether oxygens (including phenoxy) is 1. The van der Waals surface area contributed by atoms with Crippen molar-refractivity contribution >= 4 is 23.6 Å². The van der Waals surface area contributed by atoms with Crippen LogP contribution >= 0.6 is 11.6 Å². The largest absolute Gasteiger partial charge is 0.394 e. The molecule has 122 valence electrons. The number of aromatic nitrogens is 3. The molecule has 0 aliphatic carbocycles. The third kappa shape index (κ3) is 3.21. The van der Waals surface area contributed by atoms with Gasteiger partial charge in [-0.05, 0) is 18.2 Å². The van der Waals surface area contributed by atoms with Gasteiger partial charge >= 0.3 is 0 Å². The molecule has 8 heteroatoms. The first-order valence-electron chi connectivity index (χ1n) is 7.33. The van der Waals surface area contributed by atoms with Gasteiger partial charge in [0, 0.05) is 30.8 Å². The Labute approximate surface area is 139 Å². The molecule has 7 nitrogen and oxygen atoms in total. The van der Waals surface area contributed by atoms with Crippen molar-refractivity contribution in [3.8, 4) is 11.4 Å². The van der Waals surface area contributed by atoms with E-state index in [-0.39, 0.29) is 6.61 Å². The van der Waals surface area contributed by atoms with Crippen molar-refractivity contribution in [2.24, 2.45) is 4.99 Å². The lowest BCUT2D eigenvalue weighted by molar-refractivity contribution is 0.174. The second kappa shape index (κ2) is 7.08. The van der Waals surface area contributed by atoms with Crippen molar-refractivity contribution in [3.63, 3.8) is 0 Å². The summed E-state index contributed by atoms with van der Waals surface area (Å²) >= 11 is 6.17. The van der Waals surface area contributed by atoms with E-state index in [9.17, 15) is 0 Å². The van der Waals surface area contributed by atoms with Gasteiger partial charge in [0.15, 0.2) is 11.6 Å². The second-order valence-corrected chi connectivity index (χ2v) is 5.56. The lowest BCUT2D eigenvalue weighted by Gasteiger charge is -2.19. The predicted octanol–water partition coefficient (Wildman–Crippen LogP) is 1.59. The Hall–Kier alpha value is -1.96. The maximum absolute atomic E-state index is 8.90. The molecule has 1 aliphatic rings. The van der Waals surface area contributed by atoms with Crippen LogP contribution in [0.25, 0.3) is 11.4 Å². The van der Waals surface area contributed by atoms with Crippen LogP contribution in [0.2, 0.25) is 5.02 Å². The van der Waals surface area contributed by atoms with Crippen LogP contribution in [0.3, 0.4) is 0 Å². The number of benzene rings is 1. The molecule has 0 fully saturated rings. The standard InChI is InChI=1S/C15H18ClN5O2/c1-23-9-14-18-19-15-12-8-11(16)2-3-13(12)20(5-6-21(14)15)10-17-4-7-22/h2-3,8,10,22H,4-7,9H2,1H3. The Bertz CT molecular complexity index is 716. The topological polar surface area (TPSA) is 75.8 Å². The van der Waals surface area contributed by atoms with Gasteiger partial charge < -0.3 is 19.3 Å². The van der Waals surface area contributed by atoms with Crippen molar-refractivity contribution in [1.29, 1.82) is 0 Å². The molecule has 0 spiro atoms. The van der Waals surface area contributed by atoms with Gasteiger partial charge in [-0.15, -0.1) is 10.2 Å². The number of aliphatic imine (C=N–C) groups is 1. The molecule has 0 unspecified atom stereocenters. The average Bonchev–Trinajstić information content (AvgIpc) is 2.87. The summed E-state index contributed by atoms with van der Waals surface area (Å²) in [4.78, 5) is 6.26. The first kappa shape index (κ1) is 15.9. The molecule has 0 atom stereocenters. The summed E-state index contributed by atoms with van der Waals surface area (Å²) in [6.07, 6.45) is 1.75. The highest BCUT2D eigenvalue weighted by atomic mass is 35.5. The summed E-state index contributed by atoms with van der Waals surface area (Å²) in [5.41, 5.74) is 1.87. The molecular formula is C15H18ClN5O2. The van der Waals surface area contributed by atoms with Gasteiger partial charge in [0.1, 0.15) is 6.61 Å². The van der Waals surface area contributed by atoms with Gasteiger partial charge in [-0.2, -0.15) is 0 Å². The minimum absolute atomic E-state index is 0.0291. The molecule has 0 bridgehead atoms. The van der Waals surface area contributed by atoms with Gasteiger partial charge in [0.2, 0.25) is 0 Å². The number of halogens is 1. The third-order valence-corrected chi connectivity index (χ3v) is 3.86. The molecule has 2 heterocycles. The lowest BCUT2D eigenvalue weighted by Crippen LogP contribution is -2.25. The molecule has 3 rings (SSSR count). The zero-order chi connectivity index (χ0) is 16.2. The fourth-order valence-corrected chi connectivity index (χ4v) is 2.78. The van der Waals surface area contributed by atoms with Crippen LogP contribution in [-0.4, -0.2) is 53.0 Å². The number of nitrogens with zero attached hydrogens (tertiary/aromatic N) is 5. The number of hydrogen-bond donors (Lipinski definition) is 1. The summed E-state index contributed by atoms with van der Waals surface area (Å²) in [5, 5.41) is 18.1. The smallest absolute Gasteiger partial charge is 0.166 e. The van der Waals surface area contributed by atoms with Gasteiger partial charge in [-0.3, -0.25) is 4.99 Å². The Morgan fingerprint density at radius 2 is 2.26 bits per heavy atom. The van der Waals surface area contributed by atoms with Crippen LogP contribution < -0.4 is 4.90 Å². The predicted molar refractivity (Wildman–Crippen MR) is 89.0 cm³/mol.